The van der Waals surface area contributed by atoms with Crippen molar-refractivity contribution in [3.8, 4) is 0 Å². The van der Waals surface area contributed by atoms with Gasteiger partial charge < -0.3 is 15.8 Å². The largest absolute Gasteiger partial charge is 0.381 e. The van der Waals surface area contributed by atoms with Gasteiger partial charge in [0.2, 0.25) is 11.8 Å². The second-order valence-electron chi connectivity index (χ2n) is 4.10. The summed E-state index contributed by atoms with van der Waals surface area (Å²) in [5, 5.41) is 2.83. The second kappa shape index (κ2) is 10.1. The van der Waals surface area contributed by atoms with Crippen LogP contribution in [-0.4, -0.2) is 31.6 Å². The third kappa shape index (κ3) is 9.81. The maximum absolute atomic E-state index is 11.4. The molecule has 0 aromatic rings. The molecule has 0 radical (unpaired) electrons. The summed E-state index contributed by atoms with van der Waals surface area (Å²) >= 11 is 0. The van der Waals surface area contributed by atoms with Gasteiger partial charge in [0.1, 0.15) is 0 Å². The Kier molecular flexibility index (Phi) is 9.43. The van der Waals surface area contributed by atoms with E-state index in [9.17, 15) is 9.59 Å². The van der Waals surface area contributed by atoms with Crippen molar-refractivity contribution in [1.29, 1.82) is 0 Å². The molecule has 0 spiro atoms. The van der Waals surface area contributed by atoms with Gasteiger partial charge in [-0.25, -0.2) is 0 Å². The van der Waals surface area contributed by atoms with Gasteiger partial charge in [-0.3, -0.25) is 9.59 Å². The summed E-state index contributed by atoms with van der Waals surface area (Å²) in [7, 11) is 1.62. The van der Waals surface area contributed by atoms with Gasteiger partial charge in [-0.15, -0.1) is 0 Å². The van der Waals surface area contributed by atoms with Crippen molar-refractivity contribution in [2.45, 2.75) is 51.6 Å². The summed E-state index contributed by atoms with van der Waals surface area (Å²) in [6.07, 6.45) is 4.26. The number of carbonyl (C=O) groups is 2. The van der Waals surface area contributed by atoms with Gasteiger partial charge in [-0.1, -0.05) is 13.3 Å². The normalized spacial score (nSPS) is 12.1. The Labute approximate surface area is 103 Å². The van der Waals surface area contributed by atoms with E-state index in [-0.39, 0.29) is 17.9 Å². The lowest BCUT2D eigenvalue weighted by atomic mass is 10.1. The first-order valence-electron chi connectivity index (χ1n) is 6.18. The highest BCUT2D eigenvalue weighted by Crippen LogP contribution is 2.02. The number of nitrogens with one attached hydrogen (secondary N) is 1. The number of methoxy groups -OCH3 is 1. The van der Waals surface area contributed by atoms with E-state index in [1.807, 2.05) is 6.92 Å². The Morgan fingerprint density at radius 1 is 1.29 bits per heavy atom. The number of carbonyl (C=O) groups excluding carboxylic acids is 2. The molecule has 100 valence electrons. The van der Waals surface area contributed by atoms with Crippen LogP contribution in [0, 0.1) is 0 Å². The Hall–Kier alpha value is -1.10. The molecule has 0 aliphatic carbocycles. The molecule has 0 aliphatic rings. The number of primary amides is 1. The molecule has 0 aliphatic heterocycles. The molecule has 5 heteroatoms. The van der Waals surface area contributed by atoms with Crippen molar-refractivity contribution in [3.63, 3.8) is 0 Å². The molecule has 0 heterocycles. The maximum Gasteiger partial charge on any atom is 0.222 e. The van der Waals surface area contributed by atoms with Crippen LogP contribution in [0.2, 0.25) is 0 Å². The predicted octanol–water partition coefficient (Wildman–Crippen LogP) is 0.963. The van der Waals surface area contributed by atoms with Crippen LogP contribution in [0.3, 0.4) is 0 Å². The molecular formula is C12H24N2O3. The SMILES string of the molecule is CCC(CC(=O)NCCCCCC(N)=O)OC. The highest BCUT2D eigenvalue weighted by atomic mass is 16.5. The quantitative estimate of drug-likeness (QED) is 0.562. The van der Waals surface area contributed by atoms with Crippen molar-refractivity contribution in [1.82, 2.24) is 5.32 Å². The van der Waals surface area contributed by atoms with Crippen LogP contribution in [0.4, 0.5) is 0 Å². The zero-order valence-corrected chi connectivity index (χ0v) is 10.8. The van der Waals surface area contributed by atoms with Crippen molar-refractivity contribution >= 4 is 11.8 Å². The highest BCUT2D eigenvalue weighted by molar-refractivity contribution is 5.76. The molecule has 1 atom stereocenters. The minimum atomic E-state index is -0.264. The topological polar surface area (TPSA) is 81.4 Å². The molecule has 0 rings (SSSR count). The molecule has 0 bridgehead atoms. The molecule has 0 fully saturated rings. The average molecular weight is 244 g/mol. The van der Waals surface area contributed by atoms with E-state index in [4.69, 9.17) is 10.5 Å². The Bertz CT molecular complexity index is 228. The molecule has 0 saturated heterocycles. The van der Waals surface area contributed by atoms with Crippen LogP contribution >= 0.6 is 0 Å². The number of ether oxygens (including phenoxy) is 1. The molecular weight excluding hydrogens is 220 g/mol. The number of amides is 2. The van der Waals surface area contributed by atoms with Gasteiger partial charge in [0.25, 0.3) is 0 Å². The number of rotatable bonds is 10. The molecule has 1 unspecified atom stereocenters. The fourth-order valence-electron chi connectivity index (χ4n) is 1.50. The third-order valence-corrected chi connectivity index (χ3v) is 2.62. The molecule has 0 aromatic heterocycles. The lowest BCUT2D eigenvalue weighted by Crippen LogP contribution is -2.28. The third-order valence-electron chi connectivity index (χ3n) is 2.62. The minimum absolute atomic E-state index is 0.00450. The van der Waals surface area contributed by atoms with E-state index in [1.54, 1.807) is 7.11 Å². The number of unbranched alkanes of at least 4 members (excludes halogenated alkanes) is 2. The number of nitrogens with two attached hydrogens (primary N) is 1. The fourth-order valence-corrected chi connectivity index (χ4v) is 1.50. The Morgan fingerprint density at radius 3 is 2.53 bits per heavy atom. The molecule has 17 heavy (non-hydrogen) atoms. The monoisotopic (exact) mass is 244 g/mol. The zero-order chi connectivity index (χ0) is 13.1. The summed E-state index contributed by atoms with van der Waals surface area (Å²) in [6, 6.07) is 0. The smallest absolute Gasteiger partial charge is 0.222 e. The minimum Gasteiger partial charge on any atom is -0.381 e. The van der Waals surface area contributed by atoms with Gasteiger partial charge >= 0.3 is 0 Å². The van der Waals surface area contributed by atoms with Crippen molar-refractivity contribution in [2.75, 3.05) is 13.7 Å². The Balaban J connectivity index is 3.42. The van der Waals surface area contributed by atoms with Crippen LogP contribution in [0.5, 0.6) is 0 Å². The van der Waals surface area contributed by atoms with E-state index >= 15 is 0 Å². The zero-order valence-electron chi connectivity index (χ0n) is 10.8. The summed E-state index contributed by atoms with van der Waals surface area (Å²) in [6.45, 7) is 2.64. The summed E-state index contributed by atoms with van der Waals surface area (Å²) in [5.41, 5.74) is 5.02. The van der Waals surface area contributed by atoms with Crippen molar-refractivity contribution in [2.24, 2.45) is 5.73 Å². The molecule has 3 N–H and O–H groups in total. The van der Waals surface area contributed by atoms with Crippen LogP contribution < -0.4 is 11.1 Å². The molecule has 5 nitrogen and oxygen atoms in total. The molecule has 0 aromatic carbocycles. The van der Waals surface area contributed by atoms with E-state index in [0.717, 1.165) is 25.7 Å². The van der Waals surface area contributed by atoms with E-state index < -0.39 is 0 Å². The lowest BCUT2D eigenvalue weighted by Gasteiger charge is -2.12. The maximum atomic E-state index is 11.4. The van der Waals surface area contributed by atoms with Crippen molar-refractivity contribution in [3.05, 3.63) is 0 Å². The van der Waals surface area contributed by atoms with Crippen molar-refractivity contribution < 1.29 is 14.3 Å². The second-order valence-corrected chi connectivity index (χ2v) is 4.10. The van der Waals surface area contributed by atoms with E-state index in [0.29, 0.717) is 19.4 Å². The molecule has 0 saturated carbocycles. The predicted molar refractivity (Wildman–Crippen MR) is 66.4 cm³/mol. The summed E-state index contributed by atoms with van der Waals surface area (Å²) < 4.78 is 5.13. The average Bonchev–Trinajstić information content (AvgIpc) is 2.30. The van der Waals surface area contributed by atoms with Crippen LogP contribution in [0.25, 0.3) is 0 Å². The van der Waals surface area contributed by atoms with Gasteiger partial charge in [0.05, 0.1) is 12.5 Å². The first kappa shape index (κ1) is 15.9. The lowest BCUT2D eigenvalue weighted by molar-refractivity contribution is -0.123. The summed E-state index contributed by atoms with van der Waals surface area (Å²) in [4.78, 5) is 21.9. The van der Waals surface area contributed by atoms with Gasteiger partial charge in [0.15, 0.2) is 0 Å². The van der Waals surface area contributed by atoms with Gasteiger partial charge in [-0.05, 0) is 19.3 Å². The number of hydrogen-bond donors (Lipinski definition) is 2. The first-order chi connectivity index (χ1) is 8.10. The van der Waals surface area contributed by atoms with Gasteiger partial charge in [0, 0.05) is 20.1 Å². The molecule has 2 amide bonds. The van der Waals surface area contributed by atoms with Crippen LogP contribution in [0.15, 0.2) is 0 Å². The van der Waals surface area contributed by atoms with Crippen LogP contribution in [0.1, 0.15) is 45.4 Å². The van der Waals surface area contributed by atoms with Gasteiger partial charge in [-0.2, -0.15) is 0 Å². The van der Waals surface area contributed by atoms with E-state index in [2.05, 4.69) is 5.32 Å². The van der Waals surface area contributed by atoms with E-state index in [1.165, 1.54) is 0 Å². The highest BCUT2D eigenvalue weighted by Gasteiger charge is 2.09. The summed E-state index contributed by atoms with van der Waals surface area (Å²) in [5.74, 6) is -0.242. The van der Waals surface area contributed by atoms with Crippen LogP contribution in [-0.2, 0) is 14.3 Å². The number of hydrogen-bond acceptors (Lipinski definition) is 3. The Morgan fingerprint density at radius 2 is 2.00 bits per heavy atom. The standard InChI is InChI=1S/C12H24N2O3/c1-3-10(17-2)9-12(16)14-8-6-4-5-7-11(13)15/h10H,3-9H2,1-2H3,(H2,13,15)(H,14,16). The fraction of sp³-hybridized carbons (Fsp3) is 0.833. The first-order valence-corrected chi connectivity index (χ1v) is 6.18.